The minimum atomic E-state index is -0.631. The summed E-state index contributed by atoms with van der Waals surface area (Å²) in [6, 6.07) is 6.86. The van der Waals surface area contributed by atoms with Crippen LogP contribution in [0.4, 0.5) is 21.3 Å². The number of aromatic nitrogens is 1. The van der Waals surface area contributed by atoms with E-state index in [-0.39, 0.29) is 21.5 Å². The molecule has 0 fully saturated rings. The van der Waals surface area contributed by atoms with Crippen LogP contribution in [0.5, 0.6) is 0 Å². The maximum absolute atomic E-state index is 12.5. The van der Waals surface area contributed by atoms with Crippen molar-refractivity contribution in [2.24, 2.45) is 0 Å². The maximum Gasteiger partial charge on any atom is 0.413 e. The van der Waals surface area contributed by atoms with Crippen LogP contribution in [-0.2, 0) is 9.53 Å². The zero-order valence-corrected chi connectivity index (χ0v) is 24.1. The molecule has 35 heavy (non-hydrogen) atoms. The van der Waals surface area contributed by atoms with Gasteiger partial charge >= 0.3 is 6.09 Å². The van der Waals surface area contributed by atoms with E-state index in [1.54, 1.807) is 72.0 Å². The predicted octanol–water partition coefficient (Wildman–Crippen LogP) is 7.28. The molecule has 0 saturated carbocycles. The van der Waals surface area contributed by atoms with Gasteiger partial charge in [0.15, 0.2) is 5.13 Å². The summed E-state index contributed by atoms with van der Waals surface area (Å²) in [5, 5.41) is 9.95. The van der Waals surface area contributed by atoms with E-state index in [0.29, 0.717) is 17.8 Å². The Morgan fingerprint density at radius 1 is 0.971 bits per heavy atom. The third kappa shape index (κ3) is 12.3. The number of rotatable bonds is 9. The Morgan fingerprint density at radius 3 is 2.09 bits per heavy atom. The number of thiazole rings is 1. The molecule has 0 aliphatic rings. The van der Waals surface area contributed by atoms with Gasteiger partial charge in [0.2, 0.25) is 5.91 Å². The zero-order valence-electron chi connectivity index (χ0n) is 21.6. The SMILES string of the molecule is CC.CSSC(C)(C)CCC(=O)Nc1ccc(NC(=O)c2csc(NC(=O)OC(C)(C)C)n2)cc1. The minimum absolute atomic E-state index is 0.0306. The number of ether oxygens (including phenoxy) is 1. The molecule has 0 bridgehead atoms. The van der Waals surface area contributed by atoms with E-state index in [2.05, 4.69) is 34.8 Å². The molecule has 0 radical (unpaired) electrons. The molecule has 0 unspecified atom stereocenters. The van der Waals surface area contributed by atoms with Gasteiger partial charge in [0, 0.05) is 27.9 Å². The normalized spacial score (nSPS) is 11.1. The molecule has 3 N–H and O–H groups in total. The molecule has 1 aromatic carbocycles. The number of nitrogens with one attached hydrogen (secondary N) is 3. The number of nitrogens with zero attached hydrogens (tertiary/aromatic N) is 1. The van der Waals surface area contributed by atoms with E-state index in [9.17, 15) is 14.4 Å². The maximum atomic E-state index is 12.5. The fraction of sp³-hybridized carbons (Fsp3) is 0.500. The highest BCUT2D eigenvalue weighted by Gasteiger charge is 2.20. The van der Waals surface area contributed by atoms with E-state index in [0.717, 1.165) is 17.8 Å². The molecule has 1 heterocycles. The largest absolute Gasteiger partial charge is 0.444 e. The van der Waals surface area contributed by atoms with E-state index in [1.807, 2.05) is 20.1 Å². The highest BCUT2D eigenvalue weighted by Crippen LogP contribution is 2.37. The Balaban J connectivity index is 0.00000298. The highest BCUT2D eigenvalue weighted by molar-refractivity contribution is 8.76. The second-order valence-corrected chi connectivity index (χ2v) is 12.7. The summed E-state index contributed by atoms with van der Waals surface area (Å²) in [4.78, 5) is 40.6. The summed E-state index contributed by atoms with van der Waals surface area (Å²) in [6.45, 7) is 13.5. The van der Waals surface area contributed by atoms with Crippen LogP contribution in [0, 0.1) is 0 Å². The van der Waals surface area contributed by atoms with Crippen LogP contribution in [0.2, 0.25) is 0 Å². The fourth-order valence-corrected chi connectivity index (χ4v) is 5.48. The van der Waals surface area contributed by atoms with Gasteiger partial charge in [-0.25, -0.2) is 9.78 Å². The summed E-state index contributed by atoms with van der Waals surface area (Å²) < 4.78 is 5.20. The van der Waals surface area contributed by atoms with Crippen LogP contribution in [0.15, 0.2) is 29.6 Å². The smallest absolute Gasteiger partial charge is 0.413 e. The van der Waals surface area contributed by atoms with Gasteiger partial charge in [0.05, 0.1) is 0 Å². The molecule has 0 aliphatic carbocycles. The first-order chi connectivity index (χ1) is 16.4. The molecule has 11 heteroatoms. The molecule has 3 amide bonds. The van der Waals surface area contributed by atoms with Crippen LogP contribution in [0.25, 0.3) is 0 Å². The topological polar surface area (TPSA) is 109 Å². The molecule has 0 saturated heterocycles. The van der Waals surface area contributed by atoms with Gasteiger partial charge in [0.1, 0.15) is 11.3 Å². The van der Waals surface area contributed by atoms with E-state index in [4.69, 9.17) is 4.74 Å². The van der Waals surface area contributed by atoms with Crippen LogP contribution < -0.4 is 16.0 Å². The van der Waals surface area contributed by atoms with E-state index in [1.165, 1.54) is 0 Å². The highest BCUT2D eigenvalue weighted by atomic mass is 33.1. The summed E-state index contributed by atoms with van der Waals surface area (Å²) in [5.41, 5.74) is 0.766. The molecular formula is C24H36N4O4S3. The number of carbonyl (C=O) groups excluding carboxylic acids is 3. The summed E-state index contributed by atoms with van der Waals surface area (Å²) in [7, 11) is 3.46. The van der Waals surface area contributed by atoms with Crippen LogP contribution in [0.1, 0.15) is 71.8 Å². The minimum Gasteiger partial charge on any atom is -0.444 e. The molecule has 194 valence electrons. The second kappa shape index (κ2) is 14.4. The molecule has 2 aromatic rings. The lowest BCUT2D eigenvalue weighted by atomic mass is 10.1. The van der Waals surface area contributed by atoms with Crippen molar-refractivity contribution in [2.75, 3.05) is 22.2 Å². The monoisotopic (exact) mass is 540 g/mol. The van der Waals surface area contributed by atoms with Crippen LogP contribution >= 0.6 is 32.9 Å². The standard InChI is InChI=1S/C22H30N4O4S3.C2H6/c1-21(2,3)30-20(29)26-19-25-16(13-32-19)18(28)24-15-9-7-14(8-10-15)23-17(27)11-12-22(4,5)33-31-6;1-2/h7-10,13H,11-12H2,1-6H3,(H,23,27)(H,24,28)(H,25,26,29);1-2H3. The predicted molar refractivity (Wildman–Crippen MR) is 151 cm³/mol. The lowest BCUT2D eigenvalue weighted by molar-refractivity contribution is -0.116. The van der Waals surface area contributed by atoms with Gasteiger partial charge in [0.25, 0.3) is 5.91 Å². The number of anilines is 3. The van der Waals surface area contributed by atoms with Gasteiger partial charge in [-0.2, -0.15) is 0 Å². The summed E-state index contributed by atoms with van der Waals surface area (Å²) in [5.74, 6) is -0.456. The number of amides is 3. The molecule has 0 spiro atoms. The van der Waals surface area contributed by atoms with Gasteiger partial charge in [-0.1, -0.05) is 35.4 Å². The summed E-state index contributed by atoms with van der Waals surface area (Å²) in [6.07, 6.45) is 2.61. The van der Waals surface area contributed by atoms with Crippen molar-refractivity contribution in [3.05, 3.63) is 35.3 Å². The van der Waals surface area contributed by atoms with Gasteiger partial charge in [-0.05, 0) is 71.6 Å². The zero-order chi connectivity index (χ0) is 26.6. The van der Waals surface area contributed by atoms with E-state index < -0.39 is 17.6 Å². The molecule has 1 aromatic heterocycles. The Morgan fingerprint density at radius 2 is 1.54 bits per heavy atom. The first-order valence-corrected chi connectivity index (χ1v) is 14.7. The summed E-state index contributed by atoms with van der Waals surface area (Å²) >= 11 is 1.13. The van der Waals surface area contributed by atoms with Crippen molar-refractivity contribution >= 4 is 67.3 Å². The lowest BCUT2D eigenvalue weighted by Gasteiger charge is -2.21. The van der Waals surface area contributed by atoms with E-state index >= 15 is 0 Å². The average Bonchev–Trinajstić information content (AvgIpc) is 3.22. The molecule has 8 nitrogen and oxygen atoms in total. The number of benzene rings is 1. The van der Waals surface area contributed by atoms with Gasteiger partial charge < -0.3 is 15.4 Å². The van der Waals surface area contributed by atoms with Crippen molar-refractivity contribution < 1.29 is 19.1 Å². The van der Waals surface area contributed by atoms with Crippen molar-refractivity contribution in [3.8, 4) is 0 Å². The van der Waals surface area contributed by atoms with Crippen molar-refractivity contribution in [1.82, 2.24) is 4.98 Å². The molecule has 0 aliphatic heterocycles. The molecule has 2 rings (SSSR count). The Bertz CT molecular complexity index is 970. The number of carbonyl (C=O) groups is 3. The van der Waals surface area contributed by atoms with Crippen molar-refractivity contribution in [2.45, 2.75) is 71.7 Å². The average molecular weight is 541 g/mol. The first-order valence-electron chi connectivity index (χ1n) is 11.3. The third-order valence-electron chi connectivity index (χ3n) is 4.03. The number of hydrogen-bond acceptors (Lipinski definition) is 8. The van der Waals surface area contributed by atoms with Crippen molar-refractivity contribution in [1.29, 1.82) is 0 Å². The third-order valence-corrected chi connectivity index (χ3v) is 7.47. The second-order valence-electron chi connectivity index (χ2n) is 8.75. The van der Waals surface area contributed by atoms with Gasteiger partial charge in [-0.15, -0.1) is 11.3 Å². The van der Waals surface area contributed by atoms with Gasteiger partial charge in [-0.3, -0.25) is 14.9 Å². The fourth-order valence-electron chi connectivity index (χ4n) is 2.56. The number of hydrogen-bond donors (Lipinski definition) is 3. The quantitative estimate of drug-likeness (QED) is 0.287. The van der Waals surface area contributed by atoms with Crippen LogP contribution in [0.3, 0.4) is 0 Å². The Kier molecular flexibility index (Phi) is 12.6. The first kappa shape index (κ1) is 30.8. The lowest BCUT2D eigenvalue weighted by Crippen LogP contribution is -2.27. The Labute approximate surface area is 220 Å². The van der Waals surface area contributed by atoms with Crippen molar-refractivity contribution in [3.63, 3.8) is 0 Å². The molecule has 0 atom stereocenters. The molecular weight excluding hydrogens is 504 g/mol. The van der Waals surface area contributed by atoms with Crippen LogP contribution in [-0.4, -0.2) is 39.5 Å². The Hall–Kier alpha value is -2.24.